The van der Waals surface area contributed by atoms with Crippen LogP contribution in [0.15, 0.2) is 48.7 Å². The van der Waals surface area contributed by atoms with Crippen LogP contribution in [0.3, 0.4) is 0 Å². The van der Waals surface area contributed by atoms with Crippen LogP contribution >= 0.6 is 0 Å². The molecule has 0 fully saturated rings. The first kappa shape index (κ1) is 11.5. The Morgan fingerprint density at radius 2 is 1.94 bits per heavy atom. The highest BCUT2D eigenvalue weighted by Gasteiger charge is 1.96. The predicted octanol–water partition coefficient (Wildman–Crippen LogP) is 3.09. The molecule has 0 amide bonds. The Morgan fingerprint density at radius 1 is 1.12 bits per heavy atom. The van der Waals surface area contributed by atoms with Crippen molar-refractivity contribution in [2.24, 2.45) is 0 Å². The molecule has 0 unspecified atom stereocenters. The van der Waals surface area contributed by atoms with Gasteiger partial charge in [-0.3, -0.25) is 4.98 Å². The Hall–Kier alpha value is -2.03. The maximum atomic E-state index is 5.63. The third kappa shape index (κ3) is 3.48. The third-order valence-electron chi connectivity index (χ3n) is 2.35. The zero-order valence-electron chi connectivity index (χ0n) is 9.89. The minimum atomic E-state index is 0.501. The van der Waals surface area contributed by atoms with Crippen molar-refractivity contribution in [3.05, 3.63) is 54.4 Å². The lowest BCUT2D eigenvalue weighted by atomic mass is 10.3. The minimum absolute atomic E-state index is 0.501. The maximum absolute atomic E-state index is 5.63. The van der Waals surface area contributed by atoms with Gasteiger partial charge in [-0.1, -0.05) is 6.07 Å². The number of ether oxygens (including phenoxy) is 1. The molecule has 0 aliphatic heterocycles. The molecule has 0 radical (unpaired) electrons. The van der Waals surface area contributed by atoms with E-state index >= 15 is 0 Å². The molecule has 1 aromatic heterocycles. The fourth-order valence-corrected chi connectivity index (χ4v) is 1.51. The normalized spacial score (nSPS) is 9.94. The van der Waals surface area contributed by atoms with Crippen LogP contribution in [0.5, 0.6) is 5.75 Å². The average Bonchev–Trinajstić information content (AvgIpc) is 2.40. The Kier molecular flexibility index (Phi) is 3.97. The van der Waals surface area contributed by atoms with Crippen LogP contribution in [0.2, 0.25) is 0 Å². The lowest BCUT2D eigenvalue weighted by molar-refractivity contribution is 0.301. The van der Waals surface area contributed by atoms with Crippen LogP contribution in [0.4, 0.5) is 5.69 Å². The fourth-order valence-electron chi connectivity index (χ4n) is 1.51. The van der Waals surface area contributed by atoms with Crippen molar-refractivity contribution in [3.63, 3.8) is 0 Å². The summed E-state index contributed by atoms with van der Waals surface area (Å²) in [5, 5.41) is 3.24. The molecule has 1 aromatic carbocycles. The number of benzene rings is 1. The highest BCUT2D eigenvalue weighted by Crippen LogP contribution is 2.16. The van der Waals surface area contributed by atoms with Gasteiger partial charge in [0.05, 0.1) is 5.69 Å². The van der Waals surface area contributed by atoms with E-state index in [-0.39, 0.29) is 0 Å². The number of pyridine rings is 1. The van der Waals surface area contributed by atoms with Gasteiger partial charge in [0.25, 0.3) is 0 Å². The summed E-state index contributed by atoms with van der Waals surface area (Å²) in [7, 11) is 0. The molecular formula is C14H16N2O. The van der Waals surface area contributed by atoms with Crippen LogP contribution in [-0.4, -0.2) is 11.5 Å². The number of hydrogen-bond acceptors (Lipinski definition) is 3. The molecule has 0 spiro atoms. The van der Waals surface area contributed by atoms with Gasteiger partial charge in [-0.2, -0.15) is 0 Å². The zero-order valence-corrected chi connectivity index (χ0v) is 9.89. The van der Waals surface area contributed by atoms with Gasteiger partial charge in [0.15, 0.2) is 0 Å². The molecule has 88 valence electrons. The Bertz CT molecular complexity index is 440. The van der Waals surface area contributed by atoms with E-state index < -0.39 is 0 Å². The molecular weight excluding hydrogens is 212 g/mol. The Balaban J connectivity index is 1.91. The quantitative estimate of drug-likeness (QED) is 0.853. The van der Waals surface area contributed by atoms with Crippen molar-refractivity contribution < 1.29 is 4.74 Å². The molecule has 0 saturated heterocycles. The predicted molar refractivity (Wildman–Crippen MR) is 69.2 cm³/mol. The minimum Gasteiger partial charge on any atom is -0.487 e. The van der Waals surface area contributed by atoms with Gasteiger partial charge in [-0.15, -0.1) is 0 Å². The van der Waals surface area contributed by atoms with Gasteiger partial charge < -0.3 is 10.1 Å². The second-order valence-electron chi connectivity index (χ2n) is 3.66. The highest BCUT2D eigenvalue weighted by atomic mass is 16.5. The summed E-state index contributed by atoms with van der Waals surface area (Å²) in [6.45, 7) is 3.50. The van der Waals surface area contributed by atoms with E-state index in [1.165, 1.54) is 0 Å². The zero-order chi connectivity index (χ0) is 11.9. The summed E-state index contributed by atoms with van der Waals surface area (Å²) in [6.07, 6.45) is 1.77. The molecule has 3 heteroatoms. The van der Waals surface area contributed by atoms with Crippen LogP contribution in [0, 0.1) is 0 Å². The molecule has 3 nitrogen and oxygen atoms in total. The third-order valence-corrected chi connectivity index (χ3v) is 2.35. The van der Waals surface area contributed by atoms with Gasteiger partial charge >= 0.3 is 0 Å². The molecule has 2 rings (SSSR count). The lowest BCUT2D eigenvalue weighted by Gasteiger charge is -2.07. The highest BCUT2D eigenvalue weighted by molar-refractivity contribution is 5.46. The first-order chi connectivity index (χ1) is 8.38. The summed E-state index contributed by atoms with van der Waals surface area (Å²) in [5.74, 6) is 0.859. The fraction of sp³-hybridized carbons (Fsp3) is 0.214. The van der Waals surface area contributed by atoms with Gasteiger partial charge in [-0.25, -0.2) is 0 Å². The van der Waals surface area contributed by atoms with Gasteiger partial charge in [0.1, 0.15) is 12.4 Å². The summed E-state index contributed by atoms with van der Waals surface area (Å²) in [6, 6.07) is 13.7. The van der Waals surface area contributed by atoms with Crippen LogP contribution in [-0.2, 0) is 6.61 Å². The molecule has 0 atom stereocenters. The number of nitrogens with zero attached hydrogens (tertiary/aromatic N) is 1. The summed E-state index contributed by atoms with van der Waals surface area (Å²) in [5.41, 5.74) is 2.04. The van der Waals surface area contributed by atoms with Crippen molar-refractivity contribution in [1.82, 2.24) is 4.98 Å². The molecule has 1 heterocycles. The van der Waals surface area contributed by atoms with Crippen LogP contribution in [0.1, 0.15) is 12.6 Å². The first-order valence-electron chi connectivity index (χ1n) is 5.75. The van der Waals surface area contributed by atoms with E-state index in [1.54, 1.807) is 6.20 Å². The number of rotatable bonds is 5. The maximum Gasteiger partial charge on any atom is 0.130 e. The van der Waals surface area contributed by atoms with Crippen molar-refractivity contribution in [3.8, 4) is 5.75 Å². The van der Waals surface area contributed by atoms with Crippen molar-refractivity contribution in [2.45, 2.75) is 13.5 Å². The summed E-state index contributed by atoms with van der Waals surface area (Å²) < 4.78 is 5.63. The van der Waals surface area contributed by atoms with Gasteiger partial charge in [0.2, 0.25) is 0 Å². The van der Waals surface area contributed by atoms with Crippen molar-refractivity contribution >= 4 is 5.69 Å². The summed E-state index contributed by atoms with van der Waals surface area (Å²) >= 11 is 0. The number of anilines is 1. The van der Waals surface area contributed by atoms with Crippen LogP contribution in [0.25, 0.3) is 0 Å². The Labute approximate surface area is 101 Å². The topological polar surface area (TPSA) is 34.1 Å². The van der Waals surface area contributed by atoms with Crippen LogP contribution < -0.4 is 10.1 Å². The molecule has 2 aromatic rings. The molecule has 0 aliphatic rings. The van der Waals surface area contributed by atoms with E-state index in [0.29, 0.717) is 6.61 Å². The van der Waals surface area contributed by atoms with Crippen molar-refractivity contribution in [2.75, 3.05) is 11.9 Å². The Morgan fingerprint density at radius 3 is 2.59 bits per heavy atom. The molecule has 0 bridgehead atoms. The number of hydrogen-bond donors (Lipinski definition) is 1. The van der Waals surface area contributed by atoms with Gasteiger partial charge in [-0.05, 0) is 43.3 Å². The number of nitrogens with one attached hydrogen (secondary N) is 1. The average molecular weight is 228 g/mol. The second kappa shape index (κ2) is 5.89. The van der Waals surface area contributed by atoms with E-state index in [0.717, 1.165) is 23.7 Å². The van der Waals surface area contributed by atoms with E-state index in [1.807, 2.05) is 42.5 Å². The monoisotopic (exact) mass is 228 g/mol. The van der Waals surface area contributed by atoms with E-state index in [2.05, 4.69) is 17.2 Å². The first-order valence-corrected chi connectivity index (χ1v) is 5.75. The largest absolute Gasteiger partial charge is 0.487 e. The second-order valence-corrected chi connectivity index (χ2v) is 3.66. The lowest BCUT2D eigenvalue weighted by Crippen LogP contribution is -1.98. The smallest absolute Gasteiger partial charge is 0.130 e. The SMILES string of the molecule is CCNc1ccc(OCc2ccccn2)cc1. The van der Waals surface area contributed by atoms with Crippen molar-refractivity contribution in [1.29, 1.82) is 0 Å². The van der Waals surface area contributed by atoms with E-state index in [9.17, 15) is 0 Å². The molecule has 17 heavy (non-hydrogen) atoms. The van der Waals surface area contributed by atoms with Gasteiger partial charge in [0, 0.05) is 18.4 Å². The molecule has 0 saturated carbocycles. The standard InChI is InChI=1S/C14H16N2O/c1-2-15-12-6-8-14(9-7-12)17-11-13-5-3-4-10-16-13/h3-10,15H,2,11H2,1H3. The van der Waals surface area contributed by atoms with E-state index in [4.69, 9.17) is 4.74 Å². The summed E-state index contributed by atoms with van der Waals surface area (Å²) in [4.78, 5) is 4.20. The number of aromatic nitrogens is 1. The molecule has 0 aliphatic carbocycles. The molecule has 1 N–H and O–H groups in total.